The van der Waals surface area contributed by atoms with Crippen LogP contribution in [-0.2, 0) is 17.6 Å². The highest BCUT2D eigenvalue weighted by atomic mass is 32.1. The largest absolute Gasteiger partial charge is 0.351 e. The fraction of sp³-hybridized carbons (Fsp3) is 0.389. The van der Waals surface area contributed by atoms with Gasteiger partial charge in [0.05, 0.1) is 5.69 Å². The van der Waals surface area contributed by atoms with Gasteiger partial charge in [-0.1, -0.05) is 41.7 Å². The summed E-state index contributed by atoms with van der Waals surface area (Å²) in [5, 5.41) is 6.20. The van der Waals surface area contributed by atoms with Crippen LogP contribution in [0.2, 0.25) is 0 Å². The first-order valence-electron chi connectivity index (χ1n) is 8.34. The normalized spacial score (nSPS) is 13.8. The molecule has 0 saturated heterocycles. The summed E-state index contributed by atoms with van der Waals surface area (Å²) in [7, 11) is 0. The molecule has 1 aromatic carbocycles. The molecule has 1 aromatic heterocycles. The number of rotatable bonds is 6. The molecule has 0 spiro atoms. The Kier molecular flexibility index (Phi) is 5.59. The number of thiazole rings is 1. The van der Waals surface area contributed by atoms with Crippen LogP contribution < -0.4 is 10.6 Å². The van der Waals surface area contributed by atoms with Crippen molar-refractivity contribution in [3.05, 3.63) is 46.5 Å². The third-order valence-electron chi connectivity index (χ3n) is 3.99. The minimum atomic E-state index is -0.0802. The van der Waals surface area contributed by atoms with Crippen LogP contribution in [0.15, 0.2) is 30.3 Å². The van der Waals surface area contributed by atoms with Gasteiger partial charge >= 0.3 is 0 Å². The Balaban J connectivity index is 1.45. The van der Waals surface area contributed by atoms with E-state index >= 15 is 0 Å². The highest BCUT2D eigenvalue weighted by Gasteiger charge is 2.21. The molecule has 24 heavy (non-hydrogen) atoms. The fourth-order valence-corrected chi connectivity index (χ4v) is 3.68. The van der Waals surface area contributed by atoms with E-state index in [0.717, 1.165) is 37.8 Å². The van der Waals surface area contributed by atoms with Gasteiger partial charge in [-0.3, -0.25) is 9.59 Å². The smallest absolute Gasteiger partial charge is 0.263 e. The monoisotopic (exact) mass is 343 g/mol. The van der Waals surface area contributed by atoms with E-state index in [4.69, 9.17) is 0 Å². The van der Waals surface area contributed by atoms with Gasteiger partial charge in [0.15, 0.2) is 5.13 Å². The lowest BCUT2D eigenvalue weighted by Crippen LogP contribution is -2.21. The molecule has 2 aromatic rings. The van der Waals surface area contributed by atoms with Gasteiger partial charge in [-0.15, -0.1) is 0 Å². The zero-order valence-electron chi connectivity index (χ0n) is 13.5. The second-order valence-electron chi connectivity index (χ2n) is 5.90. The van der Waals surface area contributed by atoms with Crippen LogP contribution in [0.5, 0.6) is 0 Å². The molecule has 2 amide bonds. The molecule has 0 saturated carbocycles. The number of unbranched alkanes of at least 4 members (excludes halogenated alkanes) is 1. The van der Waals surface area contributed by atoms with Crippen LogP contribution in [0.3, 0.4) is 0 Å². The van der Waals surface area contributed by atoms with E-state index in [-0.39, 0.29) is 11.8 Å². The van der Waals surface area contributed by atoms with E-state index in [0.29, 0.717) is 23.0 Å². The summed E-state index contributed by atoms with van der Waals surface area (Å²) in [6.45, 7) is 0.686. The van der Waals surface area contributed by atoms with Crippen LogP contribution in [0.4, 0.5) is 5.13 Å². The minimum absolute atomic E-state index is 0.0348. The zero-order chi connectivity index (χ0) is 16.8. The summed E-state index contributed by atoms with van der Waals surface area (Å²) in [6.07, 6.45) is 4.94. The van der Waals surface area contributed by atoms with Crippen LogP contribution in [-0.4, -0.2) is 23.3 Å². The van der Waals surface area contributed by atoms with E-state index in [1.165, 1.54) is 16.9 Å². The number of anilines is 1. The lowest BCUT2D eigenvalue weighted by molar-refractivity contribution is -0.116. The molecule has 0 aliphatic carbocycles. The molecule has 1 aliphatic rings. The van der Waals surface area contributed by atoms with Crippen molar-refractivity contribution in [1.82, 2.24) is 10.3 Å². The Bertz CT molecular complexity index is 712. The second-order valence-corrected chi connectivity index (χ2v) is 6.89. The van der Waals surface area contributed by atoms with Crippen LogP contribution >= 0.6 is 11.3 Å². The number of hydrogen-bond acceptors (Lipinski definition) is 4. The molecule has 1 aliphatic heterocycles. The Morgan fingerprint density at radius 1 is 1.25 bits per heavy atom. The minimum Gasteiger partial charge on any atom is -0.351 e. The summed E-state index contributed by atoms with van der Waals surface area (Å²) >= 11 is 1.27. The first-order valence-corrected chi connectivity index (χ1v) is 9.16. The predicted molar refractivity (Wildman–Crippen MR) is 95.4 cm³/mol. The van der Waals surface area contributed by atoms with Crippen molar-refractivity contribution < 1.29 is 9.59 Å². The highest BCUT2D eigenvalue weighted by Crippen LogP contribution is 2.25. The number of nitrogens with zero attached hydrogens (tertiary/aromatic N) is 1. The van der Waals surface area contributed by atoms with E-state index in [2.05, 4.69) is 27.8 Å². The molecule has 0 bridgehead atoms. The van der Waals surface area contributed by atoms with Gasteiger partial charge in [0.25, 0.3) is 5.91 Å². The molecule has 0 fully saturated rings. The van der Waals surface area contributed by atoms with Crippen molar-refractivity contribution in [2.75, 3.05) is 11.9 Å². The SMILES string of the molecule is O=C(CCCCc1ccccc1)Nc1nc2c(s1)C(=O)NCCC2. The first kappa shape index (κ1) is 16.6. The predicted octanol–water partition coefficient (Wildman–Crippen LogP) is 3.17. The van der Waals surface area contributed by atoms with Crippen LogP contribution in [0.1, 0.15) is 46.6 Å². The molecule has 2 N–H and O–H groups in total. The van der Waals surface area contributed by atoms with Crippen molar-refractivity contribution >= 4 is 28.3 Å². The molecule has 3 rings (SSSR count). The summed E-state index contributed by atoms with van der Waals surface area (Å²) in [5.74, 6) is -0.115. The van der Waals surface area contributed by atoms with Crippen molar-refractivity contribution in [3.8, 4) is 0 Å². The first-order chi connectivity index (χ1) is 11.7. The van der Waals surface area contributed by atoms with Crippen molar-refractivity contribution in [2.45, 2.75) is 38.5 Å². The van der Waals surface area contributed by atoms with Gasteiger partial charge in [0.2, 0.25) is 5.91 Å². The van der Waals surface area contributed by atoms with E-state index < -0.39 is 0 Å². The van der Waals surface area contributed by atoms with E-state index in [1.807, 2.05) is 18.2 Å². The van der Waals surface area contributed by atoms with E-state index in [1.54, 1.807) is 0 Å². The van der Waals surface area contributed by atoms with Crippen molar-refractivity contribution in [2.24, 2.45) is 0 Å². The summed E-state index contributed by atoms with van der Waals surface area (Å²) in [5.41, 5.74) is 2.10. The third kappa shape index (κ3) is 4.41. The molecule has 0 radical (unpaired) electrons. The quantitative estimate of drug-likeness (QED) is 0.792. The Hall–Kier alpha value is -2.21. The molecule has 126 valence electrons. The lowest BCUT2D eigenvalue weighted by atomic mass is 10.1. The third-order valence-corrected chi connectivity index (χ3v) is 5.00. The second kappa shape index (κ2) is 8.06. The van der Waals surface area contributed by atoms with Gasteiger partial charge in [0.1, 0.15) is 4.88 Å². The average Bonchev–Trinajstić information content (AvgIpc) is 2.91. The van der Waals surface area contributed by atoms with Gasteiger partial charge < -0.3 is 10.6 Å². The summed E-state index contributed by atoms with van der Waals surface area (Å²) in [4.78, 5) is 29.0. The summed E-state index contributed by atoms with van der Waals surface area (Å²) < 4.78 is 0. The van der Waals surface area contributed by atoms with Gasteiger partial charge in [-0.25, -0.2) is 4.98 Å². The number of fused-ring (bicyclic) bond motifs is 1. The lowest BCUT2D eigenvalue weighted by Gasteiger charge is -2.03. The topological polar surface area (TPSA) is 71.1 Å². The number of amides is 2. The maximum Gasteiger partial charge on any atom is 0.263 e. The molecule has 6 heteroatoms. The van der Waals surface area contributed by atoms with Gasteiger partial charge in [-0.2, -0.15) is 0 Å². The standard InChI is InChI=1S/C18H21N3O2S/c22-15(11-5-4-9-13-7-2-1-3-8-13)21-18-20-14-10-6-12-19-17(23)16(14)24-18/h1-3,7-8H,4-6,9-12H2,(H,19,23)(H,20,21,22). The number of nitrogens with one attached hydrogen (secondary N) is 2. The maximum atomic E-state index is 12.0. The molecular formula is C18H21N3O2S. The average molecular weight is 343 g/mol. The number of carbonyl (C=O) groups is 2. The molecular weight excluding hydrogens is 322 g/mol. The maximum absolute atomic E-state index is 12.0. The van der Waals surface area contributed by atoms with Gasteiger partial charge in [0, 0.05) is 13.0 Å². The van der Waals surface area contributed by atoms with Gasteiger partial charge in [-0.05, 0) is 37.7 Å². The van der Waals surface area contributed by atoms with Crippen LogP contribution in [0.25, 0.3) is 0 Å². The zero-order valence-corrected chi connectivity index (χ0v) is 14.3. The molecule has 5 nitrogen and oxygen atoms in total. The molecule has 0 atom stereocenters. The van der Waals surface area contributed by atoms with Crippen molar-refractivity contribution in [1.29, 1.82) is 0 Å². The fourth-order valence-electron chi connectivity index (χ4n) is 2.73. The van der Waals surface area contributed by atoms with Crippen LogP contribution in [0, 0.1) is 0 Å². The Morgan fingerprint density at radius 2 is 2.08 bits per heavy atom. The Morgan fingerprint density at radius 3 is 2.92 bits per heavy atom. The van der Waals surface area contributed by atoms with E-state index in [9.17, 15) is 9.59 Å². The number of aryl methyl sites for hydroxylation is 2. The summed E-state index contributed by atoms with van der Waals surface area (Å²) in [6, 6.07) is 10.3. The Labute approximate surface area is 145 Å². The van der Waals surface area contributed by atoms with Crippen molar-refractivity contribution in [3.63, 3.8) is 0 Å². The molecule has 2 heterocycles. The number of carbonyl (C=O) groups excluding carboxylic acids is 2. The highest BCUT2D eigenvalue weighted by molar-refractivity contribution is 7.17. The number of benzene rings is 1. The number of hydrogen-bond donors (Lipinski definition) is 2. The number of aromatic nitrogens is 1. The molecule has 0 unspecified atom stereocenters.